The molecule has 0 N–H and O–H groups in total. The summed E-state index contributed by atoms with van der Waals surface area (Å²) in [5.74, 6) is 1.16. The summed E-state index contributed by atoms with van der Waals surface area (Å²) in [6.45, 7) is 3.15. The number of rotatable bonds is 6. The lowest BCUT2D eigenvalue weighted by atomic mass is 10.1. The zero-order chi connectivity index (χ0) is 14.5. The van der Waals surface area contributed by atoms with Crippen LogP contribution in [0.3, 0.4) is 0 Å². The Morgan fingerprint density at radius 1 is 1.35 bits per heavy atom. The van der Waals surface area contributed by atoms with Crippen LogP contribution < -0.4 is 0 Å². The van der Waals surface area contributed by atoms with Crippen LogP contribution in [-0.2, 0) is 6.54 Å². The third kappa shape index (κ3) is 3.46. The van der Waals surface area contributed by atoms with E-state index < -0.39 is 0 Å². The van der Waals surface area contributed by atoms with Gasteiger partial charge in [0.25, 0.3) is 0 Å². The lowest BCUT2D eigenvalue weighted by Gasteiger charge is -2.27. The fourth-order valence-corrected chi connectivity index (χ4v) is 3.56. The average Bonchev–Trinajstić information content (AvgIpc) is 2.48. The first-order valence-electron chi connectivity index (χ1n) is 6.88. The topological polar surface area (TPSA) is 16.1 Å². The fraction of sp³-hybridized carbons (Fsp3) is 0.438. The normalized spacial score (nSPS) is 13.1. The minimum absolute atomic E-state index is 0.597. The van der Waals surface area contributed by atoms with Gasteiger partial charge in [0, 0.05) is 34.9 Å². The highest BCUT2D eigenvalue weighted by atomic mass is 35.5. The molecular formula is C16H21ClN2S. The molecule has 1 aromatic carbocycles. The molecule has 1 atom stereocenters. The maximum Gasteiger partial charge on any atom is 0.0761 e. The molecule has 2 nitrogen and oxygen atoms in total. The van der Waals surface area contributed by atoms with E-state index >= 15 is 0 Å². The SMILES string of the molecule is CC[C@H](CSC)N(C)Cc1ccc(Cl)c2cccnc12. The number of nitrogens with zero attached hydrogens (tertiary/aromatic N) is 2. The Morgan fingerprint density at radius 3 is 2.85 bits per heavy atom. The molecule has 0 unspecified atom stereocenters. The Balaban J connectivity index is 2.27. The predicted molar refractivity (Wildman–Crippen MR) is 90.7 cm³/mol. The lowest BCUT2D eigenvalue weighted by Crippen LogP contribution is -2.32. The van der Waals surface area contributed by atoms with Crippen molar-refractivity contribution < 1.29 is 0 Å². The zero-order valence-electron chi connectivity index (χ0n) is 12.3. The van der Waals surface area contributed by atoms with E-state index in [2.05, 4.69) is 36.2 Å². The minimum atomic E-state index is 0.597. The smallest absolute Gasteiger partial charge is 0.0761 e. The lowest BCUT2D eigenvalue weighted by molar-refractivity contribution is 0.248. The number of hydrogen-bond acceptors (Lipinski definition) is 3. The molecule has 2 aromatic rings. The van der Waals surface area contributed by atoms with Gasteiger partial charge in [-0.1, -0.05) is 24.6 Å². The van der Waals surface area contributed by atoms with E-state index in [-0.39, 0.29) is 0 Å². The van der Waals surface area contributed by atoms with Gasteiger partial charge in [0.1, 0.15) is 0 Å². The minimum Gasteiger partial charge on any atom is -0.298 e. The molecule has 0 amide bonds. The molecule has 0 aliphatic heterocycles. The summed E-state index contributed by atoms with van der Waals surface area (Å²) in [6.07, 6.45) is 5.16. The van der Waals surface area contributed by atoms with Gasteiger partial charge in [0.2, 0.25) is 0 Å². The number of aromatic nitrogens is 1. The second-order valence-corrected chi connectivity index (χ2v) is 6.36. The number of benzene rings is 1. The molecule has 0 saturated carbocycles. The van der Waals surface area contributed by atoms with Crippen LogP contribution in [0.4, 0.5) is 0 Å². The van der Waals surface area contributed by atoms with Crippen molar-refractivity contribution in [2.75, 3.05) is 19.1 Å². The van der Waals surface area contributed by atoms with Crippen LogP contribution in [0.25, 0.3) is 10.9 Å². The molecule has 0 bridgehead atoms. The van der Waals surface area contributed by atoms with Crippen LogP contribution in [0.1, 0.15) is 18.9 Å². The summed E-state index contributed by atoms with van der Waals surface area (Å²) in [5, 5.41) is 1.81. The zero-order valence-corrected chi connectivity index (χ0v) is 13.8. The first kappa shape index (κ1) is 15.6. The van der Waals surface area contributed by atoms with Crippen molar-refractivity contribution >= 4 is 34.3 Å². The molecule has 0 saturated heterocycles. The Labute approximate surface area is 130 Å². The molecule has 0 spiro atoms. The van der Waals surface area contributed by atoms with Gasteiger partial charge in [-0.2, -0.15) is 11.8 Å². The molecule has 108 valence electrons. The van der Waals surface area contributed by atoms with Crippen LogP contribution in [0, 0.1) is 0 Å². The average molecular weight is 309 g/mol. The van der Waals surface area contributed by atoms with Crippen LogP contribution >= 0.6 is 23.4 Å². The van der Waals surface area contributed by atoms with Crippen molar-refractivity contribution in [3.05, 3.63) is 41.0 Å². The van der Waals surface area contributed by atoms with Gasteiger partial charge >= 0.3 is 0 Å². The number of hydrogen-bond donors (Lipinski definition) is 0. The third-order valence-electron chi connectivity index (χ3n) is 3.67. The molecule has 1 aromatic heterocycles. The van der Waals surface area contributed by atoms with Crippen molar-refractivity contribution in [2.24, 2.45) is 0 Å². The monoisotopic (exact) mass is 308 g/mol. The quantitative estimate of drug-likeness (QED) is 0.783. The number of fused-ring (bicyclic) bond motifs is 1. The first-order valence-corrected chi connectivity index (χ1v) is 8.65. The van der Waals surface area contributed by atoms with Gasteiger partial charge in [0.15, 0.2) is 0 Å². The van der Waals surface area contributed by atoms with Crippen molar-refractivity contribution in [2.45, 2.75) is 25.9 Å². The third-order valence-corrected chi connectivity index (χ3v) is 4.72. The molecule has 0 aliphatic carbocycles. The van der Waals surface area contributed by atoms with Gasteiger partial charge in [-0.15, -0.1) is 0 Å². The summed E-state index contributed by atoms with van der Waals surface area (Å²) in [6, 6.07) is 8.64. The maximum absolute atomic E-state index is 6.25. The van der Waals surface area contributed by atoms with Gasteiger partial charge in [-0.3, -0.25) is 9.88 Å². The van der Waals surface area contributed by atoms with E-state index in [1.165, 1.54) is 5.56 Å². The number of thioether (sulfide) groups is 1. The van der Waals surface area contributed by atoms with E-state index in [1.807, 2.05) is 36.2 Å². The van der Waals surface area contributed by atoms with Crippen LogP contribution in [0.15, 0.2) is 30.5 Å². The molecule has 20 heavy (non-hydrogen) atoms. The molecule has 4 heteroatoms. The largest absolute Gasteiger partial charge is 0.298 e. The molecular weight excluding hydrogens is 288 g/mol. The van der Waals surface area contributed by atoms with Gasteiger partial charge in [0.05, 0.1) is 5.52 Å². The molecule has 2 rings (SSSR count). The number of pyridine rings is 1. The Bertz CT molecular complexity index is 573. The highest BCUT2D eigenvalue weighted by molar-refractivity contribution is 7.98. The Morgan fingerprint density at radius 2 is 2.15 bits per heavy atom. The molecule has 0 fully saturated rings. The van der Waals surface area contributed by atoms with Crippen molar-refractivity contribution in [1.82, 2.24) is 9.88 Å². The Kier molecular flexibility index (Phi) is 5.70. The standard InChI is InChI=1S/C16H21ClN2S/c1-4-13(11-20-3)19(2)10-12-7-8-15(17)14-6-5-9-18-16(12)14/h5-9,13H,4,10-11H2,1-3H3/t13-/m1/s1. The molecule has 1 heterocycles. The summed E-state index contributed by atoms with van der Waals surface area (Å²) in [4.78, 5) is 6.92. The van der Waals surface area contributed by atoms with Gasteiger partial charge < -0.3 is 0 Å². The molecule has 0 radical (unpaired) electrons. The highest BCUT2D eigenvalue weighted by Crippen LogP contribution is 2.26. The van der Waals surface area contributed by atoms with E-state index in [4.69, 9.17) is 11.6 Å². The van der Waals surface area contributed by atoms with E-state index in [0.29, 0.717) is 6.04 Å². The maximum atomic E-state index is 6.25. The Hall–Kier alpha value is -0.770. The van der Waals surface area contributed by atoms with Crippen molar-refractivity contribution in [1.29, 1.82) is 0 Å². The second kappa shape index (κ2) is 7.30. The van der Waals surface area contributed by atoms with Gasteiger partial charge in [-0.05, 0) is 43.5 Å². The summed E-state index contributed by atoms with van der Waals surface area (Å²) in [5.41, 5.74) is 2.26. The van der Waals surface area contributed by atoms with Crippen LogP contribution in [0.5, 0.6) is 0 Å². The highest BCUT2D eigenvalue weighted by Gasteiger charge is 2.14. The predicted octanol–water partition coefficient (Wildman–Crippen LogP) is 4.46. The molecule has 0 aliphatic rings. The fourth-order valence-electron chi connectivity index (χ4n) is 2.47. The van der Waals surface area contributed by atoms with E-state index in [9.17, 15) is 0 Å². The summed E-state index contributed by atoms with van der Waals surface area (Å²) >= 11 is 8.15. The summed E-state index contributed by atoms with van der Waals surface area (Å²) in [7, 11) is 2.19. The van der Waals surface area contributed by atoms with Crippen LogP contribution in [-0.4, -0.2) is 35.0 Å². The number of halogens is 1. The van der Waals surface area contributed by atoms with Crippen LogP contribution in [0.2, 0.25) is 5.02 Å². The van der Waals surface area contributed by atoms with Gasteiger partial charge in [-0.25, -0.2) is 0 Å². The van der Waals surface area contributed by atoms with E-state index in [0.717, 1.165) is 34.6 Å². The first-order chi connectivity index (χ1) is 9.67. The van der Waals surface area contributed by atoms with E-state index in [1.54, 1.807) is 0 Å². The van der Waals surface area contributed by atoms with Crippen molar-refractivity contribution in [3.8, 4) is 0 Å². The second-order valence-electron chi connectivity index (χ2n) is 5.04. The summed E-state index contributed by atoms with van der Waals surface area (Å²) < 4.78 is 0. The van der Waals surface area contributed by atoms with Crippen molar-refractivity contribution in [3.63, 3.8) is 0 Å².